The van der Waals surface area contributed by atoms with Gasteiger partial charge in [-0.15, -0.1) is 0 Å². The highest BCUT2D eigenvalue weighted by Crippen LogP contribution is 2.23. The van der Waals surface area contributed by atoms with E-state index in [1.165, 1.54) is 18.2 Å². The summed E-state index contributed by atoms with van der Waals surface area (Å²) in [6.45, 7) is 3.43. The number of benzene rings is 3. The molecule has 6 nitrogen and oxygen atoms in total. The summed E-state index contributed by atoms with van der Waals surface area (Å²) in [7, 11) is 0. The molecule has 1 saturated heterocycles. The van der Waals surface area contributed by atoms with Crippen molar-refractivity contribution in [3.8, 4) is 0 Å². The first-order valence-corrected chi connectivity index (χ1v) is 12.6. The van der Waals surface area contributed by atoms with E-state index in [0.29, 0.717) is 31.9 Å². The Morgan fingerprint density at radius 1 is 0.973 bits per heavy atom. The molecule has 1 fully saturated rings. The van der Waals surface area contributed by atoms with Crippen LogP contribution in [0, 0.1) is 11.7 Å². The molecule has 1 atom stereocenters. The van der Waals surface area contributed by atoms with E-state index in [9.17, 15) is 18.8 Å². The minimum Gasteiger partial charge on any atom is -0.466 e. The zero-order valence-corrected chi connectivity index (χ0v) is 20.9. The molecule has 3 aromatic carbocycles. The summed E-state index contributed by atoms with van der Waals surface area (Å²) in [5.41, 5.74) is 2.66. The third kappa shape index (κ3) is 6.82. The highest BCUT2D eigenvalue weighted by Gasteiger charge is 2.29. The minimum atomic E-state index is -0.470. The fourth-order valence-corrected chi connectivity index (χ4v) is 4.56. The molecule has 0 N–H and O–H groups in total. The molecule has 1 heterocycles. The average molecular weight is 503 g/mol. The lowest BCUT2D eigenvalue weighted by Crippen LogP contribution is -2.43. The highest BCUT2D eigenvalue weighted by molar-refractivity contribution is 6.06. The van der Waals surface area contributed by atoms with Gasteiger partial charge in [-0.2, -0.15) is 0 Å². The number of carbonyl (C=O) groups excluding carboxylic acids is 3. The standard InChI is InChI=1S/C30H31FN2O4/c1-2-37-30(36)25-11-7-17-32(21-25)28(34)18-22-13-15-27(16-14-22)33(20-23-8-4-3-5-9-23)29(35)24-10-6-12-26(31)19-24/h3-6,8-10,12-16,19,25H,2,7,11,17-18,20-21H2,1H3/t25-/m0/s1. The van der Waals surface area contributed by atoms with E-state index in [1.54, 1.807) is 34.9 Å². The first kappa shape index (κ1) is 26.1. The molecule has 3 aromatic rings. The largest absolute Gasteiger partial charge is 0.466 e. The van der Waals surface area contributed by atoms with Crippen molar-refractivity contribution in [2.45, 2.75) is 32.7 Å². The monoisotopic (exact) mass is 502 g/mol. The lowest BCUT2D eigenvalue weighted by atomic mass is 9.97. The van der Waals surface area contributed by atoms with Gasteiger partial charge in [0.05, 0.1) is 25.5 Å². The van der Waals surface area contributed by atoms with Gasteiger partial charge < -0.3 is 14.5 Å². The van der Waals surface area contributed by atoms with Gasteiger partial charge in [0, 0.05) is 24.3 Å². The summed E-state index contributed by atoms with van der Waals surface area (Å²) < 4.78 is 19.0. The maximum atomic E-state index is 13.8. The van der Waals surface area contributed by atoms with Crippen molar-refractivity contribution in [2.75, 3.05) is 24.6 Å². The second kappa shape index (κ2) is 12.3. The van der Waals surface area contributed by atoms with Crippen LogP contribution in [-0.2, 0) is 27.3 Å². The second-order valence-electron chi connectivity index (χ2n) is 9.16. The summed E-state index contributed by atoms with van der Waals surface area (Å²) in [4.78, 5) is 41.8. The molecule has 1 aliphatic rings. The van der Waals surface area contributed by atoms with E-state index in [4.69, 9.17) is 4.74 Å². The smallest absolute Gasteiger partial charge is 0.310 e. The number of esters is 1. The quantitative estimate of drug-likeness (QED) is 0.406. The summed E-state index contributed by atoms with van der Waals surface area (Å²) >= 11 is 0. The number of hydrogen-bond acceptors (Lipinski definition) is 4. The maximum Gasteiger partial charge on any atom is 0.310 e. The first-order chi connectivity index (χ1) is 17.9. The molecule has 192 valence electrons. The van der Waals surface area contributed by atoms with Gasteiger partial charge in [-0.05, 0) is 61.2 Å². The van der Waals surface area contributed by atoms with Crippen LogP contribution in [0.2, 0.25) is 0 Å². The zero-order chi connectivity index (χ0) is 26.2. The van der Waals surface area contributed by atoms with Gasteiger partial charge in [-0.25, -0.2) is 4.39 Å². The summed E-state index contributed by atoms with van der Waals surface area (Å²) in [6.07, 6.45) is 1.70. The average Bonchev–Trinajstić information content (AvgIpc) is 2.92. The molecule has 0 unspecified atom stereocenters. The van der Waals surface area contributed by atoms with Gasteiger partial charge in [-0.1, -0.05) is 48.5 Å². The fraction of sp³-hybridized carbons (Fsp3) is 0.300. The van der Waals surface area contributed by atoms with Crippen molar-refractivity contribution < 1.29 is 23.5 Å². The van der Waals surface area contributed by atoms with Crippen LogP contribution in [-0.4, -0.2) is 42.4 Å². The number of halogens is 1. The van der Waals surface area contributed by atoms with Gasteiger partial charge in [0.25, 0.3) is 5.91 Å². The number of amides is 2. The topological polar surface area (TPSA) is 66.9 Å². The molecule has 1 aliphatic heterocycles. The van der Waals surface area contributed by atoms with Crippen LogP contribution in [0.5, 0.6) is 0 Å². The van der Waals surface area contributed by atoms with Gasteiger partial charge in [0.2, 0.25) is 5.91 Å². The molecular weight excluding hydrogens is 471 g/mol. The lowest BCUT2D eigenvalue weighted by molar-refractivity contribution is -0.151. The van der Waals surface area contributed by atoms with E-state index >= 15 is 0 Å². The first-order valence-electron chi connectivity index (χ1n) is 12.6. The number of carbonyl (C=O) groups is 3. The van der Waals surface area contributed by atoms with Crippen LogP contribution in [0.25, 0.3) is 0 Å². The van der Waals surface area contributed by atoms with Gasteiger partial charge >= 0.3 is 5.97 Å². The highest BCUT2D eigenvalue weighted by atomic mass is 19.1. The summed E-state index contributed by atoms with van der Waals surface area (Å²) in [5.74, 6) is -1.35. The van der Waals surface area contributed by atoms with E-state index in [0.717, 1.165) is 24.0 Å². The van der Waals surface area contributed by atoms with Crippen molar-refractivity contribution in [2.24, 2.45) is 5.92 Å². The Morgan fingerprint density at radius 2 is 1.73 bits per heavy atom. The van der Waals surface area contributed by atoms with E-state index in [1.807, 2.05) is 42.5 Å². The molecule has 0 bridgehead atoms. The van der Waals surface area contributed by atoms with Crippen molar-refractivity contribution in [1.82, 2.24) is 4.90 Å². The van der Waals surface area contributed by atoms with Gasteiger partial charge in [0.1, 0.15) is 5.82 Å². The Morgan fingerprint density at radius 3 is 2.43 bits per heavy atom. The van der Waals surface area contributed by atoms with E-state index < -0.39 is 5.82 Å². The van der Waals surface area contributed by atoms with Gasteiger partial charge in [-0.3, -0.25) is 14.4 Å². The Labute approximate surface area is 216 Å². The van der Waals surface area contributed by atoms with Crippen LogP contribution in [0.1, 0.15) is 41.3 Å². The molecule has 0 spiro atoms. The Bertz CT molecular complexity index is 1230. The normalized spacial score (nSPS) is 15.2. The van der Waals surface area contributed by atoms with Crippen LogP contribution in [0.4, 0.5) is 10.1 Å². The molecule has 7 heteroatoms. The fourth-order valence-electron chi connectivity index (χ4n) is 4.56. The Kier molecular flexibility index (Phi) is 8.67. The SMILES string of the molecule is CCOC(=O)[C@H]1CCCN(C(=O)Cc2ccc(N(Cc3ccccc3)C(=O)c3cccc(F)c3)cc2)C1. The predicted octanol–water partition coefficient (Wildman–Crippen LogP) is 5.02. The zero-order valence-electron chi connectivity index (χ0n) is 20.9. The molecule has 0 aliphatic carbocycles. The number of likely N-dealkylation sites (tertiary alicyclic amines) is 1. The van der Waals surface area contributed by atoms with E-state index in [2.05, 4.69) is 0 Å². The molecule has 0 radical (unpaired) electrons. The van der Waals surface area contributed by atoms with Crippen LogP contribution < -0.4 is 4.90 Å². The van der Waals surface area contributed by atoms with Crippen LogP contribution in [0.15, 0.2) is 78.9 Å². The molecule has 4 rings (SSSR count). The third-order valence-electron chi connectivity index (χ3n) is 6.50. The number of hydrogen-bond donors (Lipinski definition) is 0. The lowest BCUT2D eigenvalue weighted by Gasteiger charge is -2.31. The number of nitrogens with zero attached hydrogens (tertiary/aromatic N) is 2. The maximum absolute atomic E-state index is 13.8. The number of rotatable bonds is 8. The third-order valence-corrected chi connectivity index (χ3v) is 6.50. The minimum absolute atomic E-state index is 0.0428. The van der Waals surface area contributed by atoms with Gasteiger partial charge in [0.15, 0.2) is 0 Å². The van der Waals surface area contributed by atoms with Crippen molar-refractivity contribution in [3.05, 3.63) is 101 Å². The molecular formula is C30H31FN2O4. The molecule has 0 saturated carbocycles. The predicted molar refractivity (Wildman–Crippen MR) is 139 cm³/mol. The summed E-state index contributed by atoms with van der Waals surface area (Å²) in [6, 6.07) is 22.5. The number of ether oxygens (including phenoxy) is 1. The van der Waals surface area contributed by atoms with Crippen LogP contribution in [0.3, 0.4) is 0 Å². The van der Waals surface area contributed by atoms with E-state index in [-0.39, 0.29) is 35.7 Å². The Balaban J connectivity index is 1.48. The second-order valence-corrected chi connectivity index (χ2v) is 9.16. The molecule has 2 amide bonds. The van der Waals surface area contributed by atoms with Crippen LogP contribution >= 0.6 is 0 Å². The molecule has 37 heavy (non-hydrogen) atoms. The molecule has 0 aromatic heterocycles. The van der Waals surface area contributed by atoms with Crippen molar-refractivity contribution in [3.63, 3.8) is 0 Å². The van der Waals surface area contributed by atoms with Crippen molar-refractivity contribution >= 4 is 23.5 Å². The number of piperidine rings is 1. The van der Waals surface area contributed by atoms with Crippen molar-refractivity contribution in [1.29, 1.82) is 0 Å². The summed E-state index contributed by atoms with van der Waals surface area (Å²) in [5, 5.41) is 0. The number of anilines is 1. The Hall–Kier alpha value is -4.00.